The third kappa shape index (κ3) is 13.2. The van der Waals surface area contributed by atoms with Crippen molar-refractivity contribution in [3.63, 3.8) is 0 Å². The summed E-state index contributed by atoms with van der Waals surface area (Å²) in [6, 6.07) is 179. The lowest BCUT2D eigenvalue weighted by atomic mass is 9.82. The van der Waals surface area contributed by atoms with Crippen molar-refractivity contribution >= 4 is 202 Å². The zero-order valence-corrected chi connectivity index (χ0v) is 74.9. The summed E-state index contributed by atoms with van der Waals surface area (Å²) in [5.41, 5.74) is 22.9. The van der Waals surface area contributed by atoms with E-state index in [0.29, 0.717) is 0 Å². The molecule has 0 fully saturated rings. The Morgan fingerprint density at radius 2 is 0.338 bits per heavy atom. The molecule has 0 atom stereocenters. The molecule has 0 amide bonds. The van der Waals surface area contributed by atoms with Gasteiger partial charge in [0.2, 0.25) is 0 Å². The van der Waals surface area contributed by atoms with Gasteiger partial charge in [0.1, 0.15) is 0 Å². The van der Waals surface area contributed by atoms with Crippen LogP contribution in [0.3, 0.4) is 0 Å². The van der Waals surface area contributed by atoms with Crippen LogP contribution in [0.2, 0.25) is 0 Å². The van der Waals surface area contributed by atoms with E-state index in [1.54, 1.807) is 0 Å². The second-order valence-corrected chi connectivity index (χ2v) is 38.2. The Balaban J connectivity index is 0.000000105. The van der Waals surface area contributed by atoms with E-state index in [0.717, 1.165) is 0 Å². The van der Waals surface area contributed by atoms with Gasteiger partial charge in [0, 0.05) is 60.5 Å². The van der Waals surface area contributed by atoms with Gasteiger partial charge in [-0.2, -0.15) is 0 Å². The summed E-state index contributed by atoms with van der Waals surface area (Å²) >= 11 is 5.63. The molecule has 0 aliphatic carbocycles. The lowest BCUT2D eigenvalue weighted by Crippen LogP contribution is -1.93. The first-order valence-corrected chi connectivity index (χ1v) is 48.2. The van der Waals surface area contributed by atoms with Crippen molar-refractivity contribution in [1.29, 1.82) is 0 Å². The SMILES string of the molecule is c1ccc(-c2c3ccccc3c(-c3ccccc3)c3cc(-c4cccc5sc6ccccc6c45)ccc23)cc1.c1ccc2c(-c3c4ccccc4c(-c4cccc5ccccc45)c4cc(-c5cccc6sc7ccccc7c56)ccc34)cccc2c1.c1ccc2cc(-c3c4ccccc4c(-c4ccc5ccccc5c4)c4cc(-c5cccc6sc7ccccc7c56)ccc34)ccc2c1. The molecule has 0 saturated heterocycles. The van der Waals surface area contributed by atoms with Crippen LogP contribution in [0.1, 0.15) is 0 Å². The van der Waals surface area contributed by atoms with Crippen molar-refractivity contribution in [2.24, 2.45) is 0 Å². The van der Waals surface area contributed by atoms with Crippen LogP contribution in [0.4, 0.5) is 0 Å². The number of hydrogen-bond acceptors (Lipinski definition) is 3. The highest BCUT2D eigenvalue weighted by Crippen LogP contribution is 2.54. The fraction of sp³-hybridized carbons (Fsp3) is 0. The van der Waals surface area contributed by atoms with E-state index in [-0.39, 0.29) is 0 Å². The summed E-state index contributed by atoms with van der Waals surface area (Å²) in [7, 11) is 0. The molecule has 0 aliphatic heterocycles. The van der Waals surface area contributed by atoms with Crippen molar-refractivity contribution in [2.45, 2.75) is 0 Å². The summed E-state index contributed by atoms with van der Waals surface area (Å²) in [5.74, 6) is 0. The maximum Gasteiger partial charge on any atom is 0.0361 e. The minimum absolute atomic E-state index is 1.24. The van der Waals surface area contributed by atoms with Gasteiger partial charge in [-0.3, -0.25) is 0 Å². The molecule has 133 heavy (non-hydrogen) atoms. The van der Waals surface area contributed by atoms with Crippen LogP contribution in [0.15, 0.2) is 485 Å². The van der Waals surface area contributed by atoms with E-state index in [9.17, 15) is 0 Å². The van der Waals surface area contributed by atoms with E-state index >= 15 is 0 Å². The molecule has 0 unspecified atom stereocenters. The topological polar surface area (TPSA) is 0 Å². The number of rotatable bonds is 9. The monoisotopic (exact) mass is 1740 g/mol. The summed E-state index contributed by atoms with van der Waals surface area (Å²) in [4.78, 5) is 0. The Morgan fingerprint density at radius 1 is 0.105 bits per heavy atom. The highest BCUT2D eigenvalue weighted by atomic mass is 32.1. The van der Waals surface area contributed by atoms with Gasteiger partial charge in [0.25, 0.3) is 0 Å². The fourth-order valence-electron chi connectivity index (χ4n) is 21.7. The second kappa shape index (κ2) is 32.4. The molecule has 0 saturated carbocycles. The smallest absolute Gasteiger partial charge is 0.0361 e. The molecule has 25 aromatic carbocycles. The van der Waals surface area contributed by atoms with Gasteiger partial charge in [-0.15, -0.1) is 34.0 Å². The quantitative estimate of drug-likeness (QED) is 0.126. The lowest BCUT2D eigenvalue weighted by molar-refractivity contribution is 1.64. The van der Waals surface area contributed by atoms with Gasteiger partial charge in [-0.1, -0.05) is 419 Å². The fourth-order valence-corrected chi connectivity index (χ4v) is 25.1. The van der Waals surface area contributed by atoms with E-state index in [1.807, 2.05) is 34.0 Å². The molecule has 28 aromatic rings. The Kier molecular flexibility index (Phi) is 19.0. The molecule has 3 aromatic heterocycles. The molecule has 0 aliphatic rings. The first-order valence-electron chi connectivity index (χ1n) is 45.7. The molecule has 0 bridgehead atoms. The average Bonchev–Trinajstić information content (AvgIpc) is 1.61. The predicted molar refractivity (Wildman–Crippen MR) is 582 cm³/mol. The Morgan fingerprint density at radius 3 is 0.722 bits per heavy atom. The van der Waals surface area contributed by atoms with E-state index in [1.165, 1.54) is 268 Å². The summed E-state index contributed by atoms with van der Waals surface area (Å²) in [5, 5.41) is 33.4. The maximum absolute atomic E-state index is 2.47. The van der Waals surface area contributed by atoms with Crippen LogP contribution in [0, 0.1) is 0 Å². The number of fused-ring (bicyclic) bond motifs is 19. The molecule has 618 valence electrons. The molecule has 3 heterocycles. The third-order valence-electron chi connectivity index (χ3n) is 27.5. The van der Waals surface area contributed by atoms with Crippen molar-refractivity contribution < 1.29 is 0 Å². The summed E-state index contributed by atoms with van der Waals surface area (Å²) in [6.07, 6.45) is 0. The minimum atomic E-state index is 1.24. The minimum Gasteiger partial charge on any atom is -0.135 e. The van der Waals surface area contributed by atoms with Crippen LogP contribution in [-0.4, -0.2) is 0 Å². The Hall–Kier alpha value is -16.2. The number of hydrogen-bond donors (Lipinski definition) is 0. The van der Waals surface area contributed by atoms with Crippen molar-refractivity contribution in [2.75, 3.05) is 0 Å². The van der Waals surface area contributed by atoms with Crippen LogP contribution >= 0.6 is 34.0 Å². The standard InChI is InChI=1S/2C46H28S.C38H24S/c1-3-16-32-29(12-1)14-9-22-35(32)44-37-18-5-6-19-38(37)45(36-23-10-15-30-13-2-4-17-33(30)36)41-28-31(26-27-39(41)44)34-21-11-25-43-46(34)40-20-7-8-24-42(40)47-43;1-3-12-31-26-34(22-20-29(31)10-1)44-37-14-5-6-15-38(37)45(35-23-21-30-11-2-4-13-32(30)27-35)41-28-33(24-25-39(41)44)36-17-9-19-43-46(36)40-16-7-8-18-42(40)47-43;1-3-12-25(13-4-1)36-29-16-7-8-17-30(29)37(26-14-5-2-6-15-26)33-24-27(22-23-31(33)36)28-19-11-21-35-38(28)32-18-9-10-20-34(32)39-35/h2*1-28H;1-24H. The van der Waals surface area contributed by atoms with Crippen LogP contribution in [-0.2, 0) is 0 Å². The van der Waals surface area contributed by atoms with Crippen molar-refractivity contribution in [3.05, 3.63) is 485 Å². The molecule has 0 radical (unpaired) electrons. The van der Waals surface area contributed by atoms with E-state index in [4.69, 9.17) is 0 Å². The average molecular weight is 1740 g/mol. The molecule has 28 rings (SSSR count). The molecular weight excluding hydrogens is 1660 g/mol. The Bertz CT molecular complexity index is 9590. The van der Waals surface area contributed by atoms with E-state index < -0.39 is 0 Å². The number of benzene rings is 25. The first-order chi connectivity index (χ1) is 66.0. The van der Waals surface area contributed by atoms with Gasteiger partial charge in [0.15, 0.2) is 0 Å². The second-order valence-electron chi connectivity index (χ2n) is 34.9. The van der Waals surface area contributed by atoms with Gasteiger partial charge < -0.3 is 0 Å². The van der Waals surface area contributed by atoms with Gasteiger partial charge in [0.05, 0.1) is 0 Å². The zero-order valence-electron chi connectivity index (χ0n) is 72.4. The predicted octanol–water partition coefficient (Wildman–Crippen LogP) is 38.7. The normalized spacial score (nSPS) is 11.8. The van der Waals surface area contributed by atoms with E-state index in [2.05, 4.69) is 485 Å². The number of thiophene rings is 3. The summed E-state index contributed by atoms with van der Waals surface area (Å²) < 4.78 is 7.99. The van der Waals surface area contributed by atoms with Gasteiger partial charge in [-0.25, -0.2) is 0 Å². The van der Waals surface area contributed by atoms with Crippen LogP contribution in [0.25, 0.3) is 268 Å². The highest BCUT2D eigenvalue weighted by molar-refractivity contribution is 7.26. The largest absolute Gasteiger partial charge is 0.135 e. The molecular formula is C130H80S3. The molecule has 0 spiro atoms. The van der Waals surface area contributed by atoms with Gasteiger partial charge >= 0.3 is 0 Å². The van der Waals surface area contributed by atoms with Crippen LogP contribution in [0.5, 0.6) is 0 Å². The zero-order chi connectivity index (χ0) is 87.6. The molecule has 0 N–H and O–H groups in total. The lowest BCUT2D eigenvalue weighted by Gasteiger charge is -2.20. The third-order valence-corrected chi connectivity index (χ3v) is 30.9. The van der Waals surface area contributed by atoms with Gasteiger partial charge in [-0.05, 0) is 275 Å². The van der Waals surface area contributed by atoms with Crippen molar-refractivity contribution in [1.82, 2.24) is 0 Å². The van der Waals surface area contributed by atoms with Crippen molar-refractivity contribution in [3.8, 4) is 100 Å². The molecule has 0 nitrogen and oxygen atoms in total. The molecule has 3 heteroatoms. The highest BCUT2D eigenvalue weighted by Gasteiger charge is 2.26. The Labute approximate surface area is 781 Å². The maximum atomic E-state index is 2.47. The summed E-state index contributed by atoms with van der Waals surface area (Å²) in [6.45, 7) is 0. The first kappa shape index (κ1) is 77.9. The van der Waals surface area contributed by atoms with Crippen LogP contribution < -0.4 is 0 Å².